The molecule has 0 heterocycles. The molecule has 146 valence electrons. The summed E-state index contributed by atoms with van der Waals surface area (Å²) >= 11 is 0. The summed E-state index contributed by atoms with van der Waals surface area (Å²) in [6, 6.07) is 11.1. The van der Waals surface area contributed by atoms with E-state index in [1.54, 1.807) is 12.1 Å². The van der Waals surface area contributed by atoms with Crippen LogP contribution in [0.15, 0.2) is 54.2 Å². The number of hydrogen-bond donors (Lipinski definition) is 1. The molecular formula is C19H18N2O7. The second-order valence-electron chi connectivity index (χ2n) is 5.54. The second kappa shape index (κ2) is 9.17. The standard InChI is InChI=1S/C19H18N2O7/c1-12-6-4-5-7-17(12)28-15-9-13(8-14(10-15)21(24)25)20-16(19(23)27-3)11-18(22)26-2/h4-11,20H,1-3H3/b16-11+. The zero-order chi connectivity index (χ0) is 20.7. The van der Waals surface area contributed by atoms with Crippen LogP contribution in [0.4, 0.5) is 11.4 Å². The van der Waals surface area contributed by atoms with E-state index in [9.17, 15) is 19.7 Å². The Kier molecular flexibility index (Phi) is 6.69. The lowest BCUT2D eigenvalue weighted by Gasteiger charge is -2.12. The first-order valence-electron chi connectivity index (χ1n) is 8.02. The SMILES string of the molecule is COC(=O)/C=C(/Nc1cc(Oc2ccccc2C)cc([N+](=O)[O-])c1)C(=O)OC. The highest BCUT2D eigenvalue weighted by Gasteiger charge is 2.17. The third-order valence-corrected chi connectivity index (χ3v) is 3.57. The summed E-state index contributed by atoms with van der Waals surface area (Å²) < 4.78 is 14.8. The molecule has 0 aliphatic carbocycles. The topological polar surface area (TPSA) is 117 Å². The molecule has 0 amide bonds. The van der Waals surface area contributed by atoms with E-state index in [0.717, 1.165) is 25.9 Å². The molecule has 0 fully saturated rings. The Morgan fingerprint density at radius 1 is 1.11 bits per heavy atom. The number of nitrogens with zero attached hydrogens (tertiary/aromatic N) is 1. The van der Waals surface area contributed by atoms with Gasteiger partial charge in [-0.05, 0) is 18.6 Å². The summed E-state index contributed by atoms with van der Waals surface area (Å²) in [6.07, 6.45) is 0.881. The van der Waals surface area contributed by atoms with E-state index in [4.69, 9.17) is 4.74 Å². The molecule has 0 unspecified atom stereocenters. The maximum Gasteiger partial charge on any atom is 0.354 e. The first-order valence-corrected chi connectivity index (χ1v) is 8.02. The predicted molar refractivity (Wildman–Crippen MR) is 100 cm³/mol. The van der Waals surface area contributed by atoms with Gasteiger partial charge in [-0.1, -0.05) is 18.2 Å². The lowest BCUT2D eigenvalue weighted by atomic mass is 10.2. The van der Waals surface area contributed by atoms with E-state index in [1.807, 2.05) is 19.1 Å². The van der Waals surface area contributed by atoms with E-state index in [1.165, 1.54) is 18.2 Å². The molecule has 0 saturated carbocycles. The third-order valence-electron chi connectivity index (χ3n) is 3.57. The molecule has 2 rings (SSSR count). The van der Waals surface area contributed by atoms with E-state index < -0.39 is 16.9 Å². The quantitative estimate of drug-likeness (QED) is 0.333. The minimum absolute atomic E-state index is 0.151. The van der Waals surface area contributed by atoms with Crippen LogP contribution in [0.3, 0.4) is 0 Å². The molecule has 0 atom stereocenters. The molecule has 9 heteroatoms. The van der Waals surface area contributed by atoms with Crippen molar-refractivity contribution in [1.29, 1.82) is 0 Å². The Morgan fingerprint density at radius 2 is 1.82 bits per heavy atom. The average molecular weight is 386 g/mol. The lowest BCUT2D eigenvalue weighted by molar-refractivity contribution is -0.384. The number of methoxy groups -OCH3 is 2. The number of benzene rings is 2. The van der Waals surface area contributed by atoms with E-state index in [-0.39, 0.29) is 22.8 Å². The summed E-state index contributed by atoms with van der Waals surface area (Å²) in [5.74, 6) is -0.950. The number of para-hydroxylation sites is 1. The molecule has 0 spiro atoms. The van der Waals surface area contributed by atoms with Crippen LogP contribution in [0.5, 0.6) is 11.5 Å². The van der Waals surface area contributed by atoms with Gasteiger partial charge in [0, 0.05) is 17.8 Å². The smallest absolute Gasteiger partial charge is 0.354 e. The van der Waals surface area contributed by atoms with Crippen molar-refractivity contribution in [2.45, 2.75) is 6.92 Å². The zero-order valence-electron chi connectivity index (χ0n) is 15.4. The van der Waals surface area contributed by atoms with E-state index >= 15 is 0 Å². The number of carbonyl (C=O) groups is 2. The summed E-state index contributed by atoms with van der Waals surface area (Å²) in [5, 5.41) is 13.9. The summed E-state index contributed by atoms with van der Waals surface area (Å²) in [7, 11) is 2.28. The molecule has 0 aromatic heterocycles. The molecular weight excluding hydrogens is 368 g/mol. The van der Waals surface area contributed by atoms with Gasteiger partial charge in [-0.2, -0.15) is 0 Å². The number of rotatable bonds is 7. The molecule has 0 aliphatic rings. The Labute approximate surface area is 160 Å². The average Bonchev–Trinajstić information content (AvgIpc) is 2.68. The number of anilines is 1. The zero-order valence-corrected chi connectivity index (χ0v) is 15.4. The molecule has 9 nitrogen and oxygen atoms in total. The van der Waals surface area contributed by atoms with Gasteiger partial charge in [-0.3, -0.25) is 10.1 Å². The lowest BCUT2D eigenvalue weighted by Crippen LogP contribution is -2.15. The van der Waals surface area contributed by atoms with Gasteiger partial charge < -0.3 is 19.5 Å². The number of hydrogen-bond acceptors (Lipinski definition) is 8. The number of aryl methyl sites for hydroxylation is 1. The highest BCUT2D eigenvalue weighted by Crippen LogP contribution is 2.31. The molecule has 1 N–H and O–H groups in total. The van der Waals surface area contributed by atoms with Gasteiger partial charge in [0.25, 0.3) is 5.69 Å². The van der Waals surface area contributed by atoms with E-state index in [0.29, 0.717) is 5.75 Å². The normalized spacial score (nSPS) is 10.8. The fourth-order valence-electron chi connectivity index (χ4n) is 2.21. The number of nitro benzene ring substituents is 1. The highest BCUT2D eigenvalue weighted by atomic mass is 16.6. The number of carbonyl (C=O) groups excluding carboxylic acids is 2. The van der Waals surface area contributed by atoms with Crippen LogP contribution < -0.4 is 10.1 Å². The van der Waals surface area contributed by atoms with Gasteiger partial charge in [-0.15, -0.1) is 0 Å². The molecule has 0 aliphatic heterocycles. The fourth-order valence-corrected chi connectivity index (χ4v) is 2.21. The van der Waals surface area contributed by atoms with Crippen molar-refractivity contribution in [1.82, 2.24) is 0 Å². The first-order chi connectivity index (χ1) is 13.3. The van der Waals surface area contributed by atoms with Crippen LogP contribution >= 0.6 is 0 Å². The van der Waals surface area contributed by atoms with Gasteiger partial charge in [-0.25, -0.2) is 9.59 Å². The van der Waals surface area contributed by atoms with Crippen LogP contribution in [-0.4, -0.2) is 31.1 Å². The first kappa shape index (κ1) is 20.4. The number of ether oxygens (including phenoxy) is 3. The Bertz CT molecular complexity index is 938. The maximum absolute atomic E-state index is 11.9. The largest absolute Gasteiger partial charge is 0.466 e. The Morgan fingerprint density at radius 3 is 2.43 bits per heavy atom. The van der Waals surface area contributed by atoms with Crippen LogP contribution in [0.25, 0.3) is 0 Å². The molecule has 0 radical (unpaired) electrons. The van der Waals surface area contributed by atoms with Gasteiger partial charge in [0.15, 0.2) is 0 Å². The maximum atomic E-state index is 11.9. The molecule has 2 aromatic carbocycles. The number of non-ortho nitro benzene ring substituents is 1. The van der Waals surface area contributed by atoms with Crippen molar-refractivity contribution in [3.05, 3.63) is 69.9 Å². The van der Waals surface area contributed by atoms with Gasteiger partial charge in [0.2, 0.25) is 0 Å². The van der Waals surface area contributed by atoms with Crippen molar-refractivity contribution in [2.75, 3.05) is 19.5 Å². The number of esters is 2. The van der Waals surface area contributed by atoms with Crippen LogP contribution in [0.2, 0.25) is 0 Å². The summed E-state index contributed by atoms with van der Waals surface area (Å²) in [4.78, 5) is 34.0. The van der Waals surface area contributed by atoms with Crippen LogP contribution in [0.1, 0.15) is 5.56 Å². The number of nitrogens with one attached hydrogen (secondary N) is 1. The van der Waals surface area contributed by atoms with Gasteiger partial charge in [0.05, 0.1) is 31.3 Å². The summed E-state index contributed by atoms with van der Waals surface area (Å²) in [5.41, 5.74) is 0.468. The predicted octanol–water partition coefficient (Wildman–Crippen LogP) is 3.34. The van der Waals surface area contributed by atoms with Crippen molar-refractivity contribution in [3.63, 3.8) is 0 Å². The number of nitro groups is 1. The van der Waals surface area contributed by atoms with Gasteiger partial charge in [0.1, 0.15) is 17.2 Å². The second-order valence-corrected chi connectivity index (χ2v) is 5.54. The van der Waals surface area contributed by atoms with Crippen LogP contribution in [0, 0.1) is 17.0 Å². The van der Waals surface area contributed by atoms with Crippen molar-refractivity contribution >= 4 is 23.3 Å². The minimum atomic E-state index is -0.849. The van der Waals surface area contributed by atoms with Crippen molar-refractivity contribution in [2.24, 2.45) is 0 Å². The Hall–Kier alpha value is -3.88. The van der Waals surface area contributed by atoms with Crippen LogP contribution in [-0.2, 0) is 19.1 Å². The molecule has 2 aromatic rings. The fraction of sp³-hybridized carbons (Fsp3) is 0.158. The minimum Gasteiger partial charge on any atom is -0.466 e. The Balaban J connectivity index is 2.42. The highest BCUT2D eigenvalue weighted by molar-refractivity contribution is 5.98. The molecule has 0 saturated heterocycles. The molecule has 0 bridgehead atoms. The molecule has 28 heavy (non-hydrogen) atoms. The summed E-state index contributed by atoms with van der Waals surface area (Å²) in [6.45, 7) is 1.83. The van der Waals surface area contributed by atoms with E-state index in [2.05, 4.69) is 14.8 Å². The van der Waals surface area contributed by atoms with Gasteiger partial charge >= 0.3 is 11.9 Å². The third kappa shape index (κ3) is 5.31. The van der Waals surface area contributed by atoms with Crippen molar-refractivity contribution < 1.29 is 28.7 Å². The van der Waals surface area contributed by atoms with Crippen molar-refractivity contribution in [3.8, 4) is 11.5 Å². The monoisotopic (exact) mass is 386 g/mol.